The average Bonchev–Trinajstić information content (AvgIpc) is 2.15. The fourth-order valence-electron chi connectivity index (χ4n) is 1.05. The van der Waals surface area contributed by atoms with Gasteiger partial charge in [0.2, 0.25) is 0 Å². The number of hydrogen-bond donors (Lipinski definition) is 1. The third-order valence-corrected chi connectivity index (χ3v) is 3.28. The Kier molecular flexibility index (Phi) is 5.02. The molecule has 1 unspecified atom stereocenters. The lowest BCUT2D eigenvalue weighted by atomic mass is 10.2. The summed E-state index contributed by atoms with van der Waals surface area (Å²) in [5.74, 6) is 0.636. The molecule has 1 N–H and O–H groups in total. The van der Waals surface area contributed by atoms with E-state index in [0.29, 0.717) is 22.5 Å². The number of thioether (sulfide) groups is 1. The Hall–Kier alpha value is -0.810. The predicted octanol–water partition coefficient (Wildman–Crippen LogP) is 2.39. The summed E-state index contributed by atoms with van der Waals surface area (Å²) in [6.45, 7) is 3.53. The third kappa shape index (κ3) is 4.37. The number of aryl methyl sites for hydroxylation is 1. The summed E-state index contributed by atoms with van der Waals surface area (Å²) in [6, 6.07) is 1.69. The van der Waals surface area contributed by atoms with E-state index in [0.717, 1.165) is 5.69 Å². The number of hydrogen-bond acceptors (Lipinski definition) is 4. The van der Waals surface area contributed by atoms with Crippen molar-refractivity contribution in [1.82, 2.24) is 9.97 Å². The highest BCUT2D eigenvalue weighted by atomic mass is 35.5. The lowest BCUT2D eigenvalue weighted by Crippen LogP contribution is -2.12. The normalized spacial score (nSPS) is 12.4. The average molecular weight is 261 g/mol. The highest BCUT2D eigenvalue weighted by Crippen LogP contribution is 2.15. The van der Waals surface area contributed by atoms with Gasteiger partial charge in [-0.1, -0.05) is 18.5 Å². The largest absolute Gasteiger partial charge is 0.481 e. The van der Waals surface area contributed by atoms with Crippen molar-refractivity contribution in [3.8, 4) is 0 Å². The van der Waals surface area contributed by atoms with Gasteiger partial charge in [0.05, 0.1) is 11.7 Å². The van der Waals surface area contributed by atoms with Crippen LogP contribution in [0.25, 0.3) is 0 Å². The van der Waals surface area contributed by atoms with Crippen LogP contribution in [0.15, 0.2) is 6.07 Å². The minimum Gasteiger partial charge on any atom is -0.481 e. The van der Waals surface area contributed by atoms with Crippen molar-refractivity contribution in [3.05, 3.63) is 22.7 Å². The van der Waals surface area contributed by atoms with Crippen molar-refractivity contribution < 1.29 is 9.90 Å². The molecule has 0 aliphatic rings. The highest BCUT2D eigenvalue weighted by molar-refractivity contribution is 7.98. The number of carboxylic acid groups (broad SMARTS) is 1. The molecule has 4 nitrogen and oxygen atoms in total. The van der Waals surface area contributed by atoms with E-state index in [9.17, 15) is 4.79 Å². The molecule has 0 aromatic carbocycles. The minimum atomic E-state index is -0.782. The number of aromatic nitrogens is 2. The van der Waals surface area contributed by atoms with Crippen molar-refractivity contribution in [2.45, 2.75) is 19.6 Å². The van der Waals surface area contributed by atoms with Gasteiger partial charge >= 0.3 is 5.97 Å². The summed E-state index contributed by atoms with van der Waals surface area (Å²) < 4.78 is 0. The Morgan fingerprint density at radius 3 is 2.88 bits per heavy atom. The molecule has 1 heterocycles. The topological polar surface area (TPSA) is 63.1 Å². The Morgan fingerprint density at radius 2 is 2.31 bits per heavy atom. The molecule has 0 saturated heterocycles. The summed E-state index contributed by atoms with van der Waals surface area (Å²) in [4.78, 5) is 18.9. The second-order valence-corrected chi connectivity index (χ2v) is 4.92. The zero-order valence-electron chi connectivity index (χ0n) is 9.11. The molecular weight excluding hydrogens is 248 g/mol. The number of nitrogens with zero attached hydrogens (tertiary/aromatic N) is 2. The minimum absolute atomic E-state index is 0.356. The van der Waals surface area contributed by atoms with Gasteiger partial charge in [0.15, 0.2) is 0 Å². The third-order valence-electron chi connectivity index (χ3n) is 1.89. The van der Waals surface area contributed by atoms with Crippen LogP contribution >= 0.6 is 23.4 Å². The lowest BCUT2D eigenvalue weighted by Gasteiger charge is -2.05. The molecule has 1 atom stereocenters. The molecule has 0 saturated carbocycles. The summed E-state index contributed by atoms with van der Waals surface area (Å²) in [5.41, 5.74) is 0.821. The Bertz CT molecular complexity index is 367. The quantitative estimate of drug-likeness (QED) is 0.824. The van der Waals surface area contributed by atoms with E-state index in [1.807, 2.05) is 6.92 Å². The monoisotopic (exact) mass is 260 g/mol. The molecule has 1 aromatic heterocycles. The van der Waals surface area contributed by atoms with E-state index in [1.165, 1.54) is 11.8 Å². The van der Waals surface area contributed by atoms with Crippen molar-refractivity contribution in [2.24, 2.45) is 5.92 Å². The zero-order valence-corrected chi connectivity index (χ0v) is 10.7. The Balaban J connectivity index is 2.46. The van der Waals surface area contributed by atoms with Crippen LogP contribution < -0.4 is 0 Å². The molecule has 88 valence electrons. The SMILES string of the molecule is Cc1cc(Cl)nc(CSCC(C)C(=O)O)n1. The number of carbonyl (C=O) groups is 1. The van der Waals surface area contributed by atoms with E-state index in [1.54, 1.807) is 13.0 Å². The summed E-state index contributed by atoms with van der Waals surface area (Å²) in [7, 11) is 0. The Morgan fingerprint density at radius 1 is 1.62 bits per heavy atom. The maximum atomic E-state index is 10.6. The first-order valence-corrected chi connectivity index (χ1v) is 6.33. The van der Waals surface area contributed by atoms with Gasteiger partial charge in [-0.25, -0.2) is 9.97 Å². The number of carboxylic acids is 1. The van der Waals surface area contributed by atoms with Crippen LogP contribution in [-0.4, -0.2) is 26.8 Å². The molecule has 0 aliphatic carbocycles. The lowest BCUT2D eigenvalue weighted by molar-refractivity contribution is -0.140. The van der Waals surface area contributed by atoms with E-state index in [4.69, 9.17) is 16.7 Å². The number of rotatable bonds is 5. The second kappa shape index (κ2) is 6.06. The van der Waals surface area contributed by atoms with Gasteiger partial charge < -0.3 is 5.11 Å². The van der Waals surface area contributed by atoms with Crippen LogP contribution in [0.1, 0.15) is 18.4 Å². The molecule has 1 aromatic rings. The molecule has 16 heavy (non-hydrogen) atoms. The Labute approximate surface area is 103 Å². The first kappa shape index (κ1) is 13.3. The standard InChI is InChI=1S/C10H13ClN2O2S/c1-6(10(14)15)4-16-5-9-12-7(2)3-8(11)13-9/h3,6H,4-5H2,1-2H3,(H,14,15). The molecule has 0 bridgehead atoms. The van der Waals surface area contributed by atoms with Crippen LogP contribution in [0.2, 0.25) is 5.15 Å². The van der Waals surface area contributed by atoms with E-state index in [2.05, 4.69) is 9.97 Å². The molecular formula is C10H13ClN2O2S. The first-order chi connectivity index (χ1) is 7.49. The van der Waals surface area contributed by atoms with Crippen LogP contribution in [0, 0.1) is 12.8 Å². The summed E-state index contributed by atoms with van der Waals surface area (Å²) in [5, 5.41) is 9.13. The zero-order chi connectivity index (χ0) is 12.1. The molecule has 0 fully saturated rings. The van der Waals surface area contributed by atoms with Crippen LogP contribution in [-0.2, 0) is 10.5 Å². The highest BCUT2D eigenvalue weighted by Gasteiger charge is 2.11. The second-order valence-electron chi connectivity index (χ2n) is 3.50. The van der Waals surface area contributed by atoms with Crippen molar-refractivity contribution in [1.29, 1.82) is 0 Å². The fraction of sp³-hybridized carbons (Fsp3) is 0.500. The first-order valence-electron chi connectivity index (χ1n) is 4.79. The van der Waals surface area contributed by atoms with Crippen LogP contribution in [0.3, 0.4) is 0 Å². The van der Waals surface area contributed by atoms with Gasteiger partial charge in [-0.15, -0.1) is 0 Å². The van der Waals surface area contributed by atoms with E-state index >= 15 is 0 Å². The van der Waals surface area contributed by atoms with Gasteiger partial charge in [-0.2, -0.15) is 11.8 Å². The van der Waals surface area contributed by atoms with E-state index in [-0.39, 0.29) is 5.92 Å². The molecule has 0 spiro atoms. The van der Waals surface area contributed by atoms with Gasteiger partial charge in [0, 0.05) is 11.4 Å². The smallest absolute Gasteiger partial charge is 0.307 e. The number of halogens is 1. The number of aliphatic carboxylic acids is 1. The van der Waals surface area contributed by atoms with Crippen molar-refractivity contribution in [2.75, 3.05) is 5.75 Å². The molecule has 0 amide bonds. The maximum Gasteiger partial charge on any atom is 0.307 e. The molecule has 6 heteroatoms. The predicted molar refractivity (Wildman–Crippen MR) is 64.7 cm³/mol. The molecule has 0 aliphatic heterocycles. The summed E-state index contributed by atoms with van der Waals surface area (Å²) in [6.07, 6.45) is 0. The van der Waals surface area contributed by atoms with Gasteiger partial charge in [0.25, 0.3) is 0 Å². The van der Waals surface area contributed by atoms with Crippen molar-refractivity contribution >= 4 is 29.3 Å². The molecule has 0 radical (unpaired) electrons. The van der Waals surface area contributed by atoms with Crippen molar-refractivity contribution in [3.63, 3.8) is 0 Å². The van der Waals surface area contributed by atoms with Gasteiger partial charge in [-0.3, -0.25) is 4.79 Å². The van der Waals surface area contributed by atoms with Gasteiger partial charge in [0.1, 0.15) is 11.0 Å². The van der Waals surface area contributed by atoms with Crippen LogP contribution in [0.4, 0.5) is 0 Å². The van der Waals surface area contributed by atoms with Gasteiger partial charge in [-0.05, 0) is 13.0 Å². The maximum absolute atomic E-state index is 10.6. The van der Waals surface area contributed by atoms with Crippen LogP contribution in [0.5, 0.6) is 0 Å². The molecule has 1 rings (SSSR count). The van der Waals surface area contributed by atoms with E-state index < -0.39 is 5.97 Å². The summed E-state index contributed by atoms with van der Waals surface area (Å²) >= 11 is 7.28. The fourth-order valence-corrected chi connectivity index (χ4v) is 2.23.